The van der Waals surface area contributed by atoms with Gasteiger partial charge in [-0.2, -0.15) is 5.10 Å². The van der Waals surface area contributed by atoms with Gasteiger partial charge in [0, 0.05) is 6.07 Å². The number of aromatic amines is 2. The highest BCUT2D eigenvalue weighted by Crippen LogP contribution is 2.21. The Kier molecular flexibility index (Phi) is 3.61. The third-order valence-electron chi connectivity index (χ3n) is 3.98. The average molecular weight is 335 g/mol. The standard InChI is InChI=1S/C18H17N5O2/c1-10-7-8-16(25-10)14-9-15(23-22-14)18(24)19-11(2)17-20-12-5-3-4-6-13(12)21-17/h3-9,11H,1-2H3,(H,19,24)(H,20,21)(H,22,23)/t11-/m1/s1. The summed E-state index contributed by atoms with van der Waals surface area (Å²) >= 11 is 0. The maximum Gasteiger partial charge on any atom is 0.272 e. The van der Waals surface area contributed by atoms with E-state index in [1.807, 2.05) is 50.2 Å². The number of nitrogens with one attached hydrogen (secondary N) is 3. The minimum Gasteiger partial charge on any atom is -0.460 e. The van der Waals surface area contributed by atoms with Gasteiger partial charge in [-0.3, -0.25) is 9.89 Å². The van der Waals surface area contributed by atoms with Crippen molar-refractivity contribution in [1.29, 1.82) is 0 Å². The number of aryl methyl sites for hydroxylation is 1. The molecule has 0 bridgehead atoms. The minimum atomic E-state index is -0.279. The van der Waals surface area contributed by atoms with Crippen molar-refractivity contribution in [3.8, 4) is 11.5 Å². The van der Waals surface area contributed by atoms with Gasteiger partial charge in [-0.05, 0) is 38.1 Å². The Bertz CT molecular complexity index is 1010. The number of para-hydroxylation sites is 2. The molecule has 0 unspecified atom stereocenters. The van der Waals surface area contributed by atoms with Gasteiger partial charge in [-0.1, -0.05) is 12.1 Å². The molecule has 7 nitrogen and oxygen atoms in total. The molecule has 3 aromatic heterocycles. The van der Waals surface area contributed by atoms with Gasteiger partial charge < -0.3 is 14.7 Å². The Labute approximate surface area is 143 Å². The summed E-state index contributed by atoms with van der Waals surface area (Å²) in [6, 6.07) is 12.8. The number of fused-ring (bicyclic) bond motifs is 1. The van der Waals surface area contributed by atoms with Crippen LogP contribution in [-0.2, 0) is 0 Å². The van der Waals surface area contributed by atoms with Crippen LogP contribution in [0.25, 0.3) is 22.5 Å². The van der Waals surface area contributed by atoms with Gasteiger partial charge in [0.05, 0.1) is 17.1 Å². The van der Waals surface area contributed by atoms with Crippen molar-refractivity contribution in [2.24, 2.45) is 0 Å². The van der Waals surface area contributed by atoms with Crippen LogP contribution >= 0.6 is 0 Å². The van der Waals surface area contributed by atoms with E-state index >= 15 is 0 Å². The molecule has 1 aromatic carbocycles. The molecule has 1 amide bonds. The first kappa shape index (κ1) is 15.2. The lowest BCUT2D eigenvalue weighted by Crippen LogP contribution is -2.27. The molecular formula is C18H17N5O2. The van der Waals surface area contributed by atoms with Gasteiger partial charge in [-0.25, -0.2) is 4.98 Å². The van der Waals surface area contributed by atoms with E-state index in [0.29, 0.717) is 23.0 Å². The Hall–Kier alpha value is -3.35. The summed E-state index contributed by atoms with van der Waals surface area (Å²) in [6.07, 6.45) is 0. The monoisotopic (exact) mass is 335 g/mol. The summed E-state index contributed by atoms with van der Waals surface area (Å²) < 4.78 is 5.53. The van der Waals surface area contributed by atoms with Gasteiger partial charge in [0.15, 0.2) is 11.5 Å². The Morgan fingerprint density at radius 2 is 2.08 bits per heavy atom. The molecule has 0 aliphatic heterocycles. The van der Waals surface area contributed by atoms with Gasteiger partial charge in [0.25, 0.3) is 5.91 Å². The molecule has 4 rings (SSSR count). The predicted octanol–water partition coefficient (Wildman–Crippen LogP) is 3.35. The number of aromatic nitrogens is 4. The number of carbonyl (C=O) groups excluding carboxylic acids is 1. The van der Waals surface area contributed by atoms with Crippen LogP contribution in [0.5, 0.6) is 0 Å². The number of nitrogens with zero attached hydrogens (tertiary/aromatic N) is 2. The molecule has 25 heavy (non-hydrogen) atoms. The van der Waals surface area contributed by atoms with E-state index in [0.717, 1.165) is 16.8 Å². The molecule has 126 valence electrons. The highest BCUT2D eigenvalue weighted by Gasteiger charge is 2.18. The Balaban J connectivity index is 1.50. The average Bonchev–Trinajstić information content (AvgIpc) is 3.33. The van der Waals surface area contributed by atoms with Crippen LogP contribution in [0.1, 0.15) is 35.0 Å². The van der Waals surface area contributed by atoms with E-state index in [4.69, 9.17) is 4.42 Å². The zero-order valence-electron chi connectivity index (χ0n) is 13.8. The quantitative estimate of drug-likeness (QED) is 0.532. The molecule has 0 aliphatic carbocycles. The van der Waals surface area contributed by atoms with E-state index in [9.17, 15) is 4.79 Å². The second-order valence-electron chi connectivity index (χ2n) is 5.91. The van der Waals surface area contributed by atoms with Gasteiger partial charge in [0.2, 0.25) is 0 Å². The van der Waals surface area contributed by atoms with Crippen molar-refractivity contribution in [2.75, 3.05) is 0 Å². The predicted molar refractivity (Wildman–Crippen MR) is 93.0 cm³/mol. The molecule has 1 atom stereocenters. The molecule has 0 saturated heterocycles. The summed E-state index contributed by atoms with van der Waals surface area (Å²) in [4.78, 5) is 20.1. The van der Waals surface area contributed by atoms with Crippen molar-refractivity contribution < 1.29 is 9.21 Å². The van der Waals surface area contributed by atoms with Crippen LogP contribution in [0.2, 0.25) is 0 Å². The van der Waals surface area contributed by atoms with Crippen LogP contribution in [0, 0.1) is 6.92 Å². The first-order chi connectivity index (χ1) is 12.1. The van der Waals surface area contributed by atoms with Crippen LogP contribution in [0.3, 0.4) is 0 Å². The SMILES string of the molecule is Cc1ccc(-c2cc(C(=O)N[C@H](C)c3nc4ccccc4[nH]3)n[nH]2)o1. The molecule has 0 radical (unpaired) electrons. The maximum atomic E-state index is 12.4. The normalized spacial score (nSPS) is 12.4. The number of hydrogen-bond acceptors (Lipinski definition) is 4. The van der Waals surface area contributed by atoms with Crippen molar-refractivity contribution in [2.45, 2.75) is 19.9 Å². The van der Waals surface area contributed by atoms with E-state index in [2.05, 4.69) is 25.5 Å². The minimum absolute atomic E-state index is 0.272. The molecule has 0 saturated carbocycles. The largest absolute Gasteiger partial charge is 0.460 e. The lowest BCUT2D eigenvalue weighted by Gasteiger charge is -2.09. The van der Waals surface area contributed by atoms with E-state index < -0.39 is 0 Å². The lowest BCUT2D eigenvalue weighted by molar-refractivity contribution is 0.0933. The smallest absolute Gasteiger partial charge is 0.272 e. The number of amides is 1. The third kappa shape index (κ3) is 2.91. The summed E-state index contributed by atoms with van der Waals surface area (Å²) in [7, 11) is 0. The first-order valence-corrected chi connectivity index (χ1v) is 7.98. The van der Waals surface area contributed by atoms with Crippen molar-refractivity contribution in [1.82, 2.24) is 25.5 Å². The van der Waals surface area contributed by atoms with E-state index in [1.54, 1.807) is 6.07 Å². The molecule has 3 heterocycles. The summed E-state index contributed by atoms with van der Waals surface area (Å²) in [5, 5.41) is 9.78. The second-order valence-corrected chi connectivity index (χ2v) is 5.91. The topological polar surface area (TPSA) is 99.6 Å². The zero-order valence-corrected chi connectivity index (χ0v) is 13.8. The number of hydrogen-bond donors (Lipinski definition) is 3. The zero-order chi connectivity index (χ0) is 17.4. The van der Waals surface area contributed by atoms with Crippen LogP contribution in [0.4, 0.5) is 0 Å². The number of imidazole rings is 1. The molecule has 7 heteroatoms. The molecule has 4 aromatic rings. The van der Waals surface area contributed by atoms with Gasteiger partial charge in [-0.15, -0.1) is 0 Å². The Morgan fingerprint density at radius 3 is 2.84 bits per heavy atom. The fourth-order valence-corrected chi connectivity index (χ4v) is 2.66. The van der Waals surface area contributed by atoms with Crippen LogP contribution in [0.15, 0.2) is 46.9 Å². The molecule has 0 spiro atoms. The van der Waals surface area contributed by atoms with Crippen molar-refractivity contribution in [3.05, 3.63) is 59.7 Å². The number of benzene rings is 1. The highest BCUT2D eigenvalue weighted by molar-refractivity contribution is 5.93. The van der Waals surface area contributed by atoms with E-state index in [1.165, 1.54) is 0 Å². The lowest BCUT2D eigenvalue weighted by atomic mass is 10.2. The second kappa shape index (κ2) is 5.94. The van der Waals surface area contributed by atoms with Gasteiger partial charge >= 0.3 is 0 Å². The summed E-state index contributed by atoms with van der Waals surface area (Å²) in [5.74, 6) is 1.87. The van der Waals surface area contributed by atoms with Gasteiger partial charge in [0.1, 0.15) is 17.3 Å². The van der Waals surface area contributed by atoms with Crippen molar-refractivity contribution in [3.63, 3.8) is 0 Å². The van der Waals surface area contributed by atoms with Crippen LogP contribution in [-0.4, -0.2) is 26.1 Å². The van der Waals surface area contributed by atoms with Crippen LogP contribution < -0.4 is 5.32 Å². The number of furan rings is 1. The number of H-pyrrole nitrogens is 2. The van der Waals surface area contributed by atoms with Crippen molar-refractivity contribution >= 4 is 16.9 Å². The Morgan fingerprint density at radius 1 is 1.24 bits per heavy atom. The van der Waals surface area contributed by atoms with E-state index in [-0.39, 0.29) is 11.9 Å². The molecule has 0 aliphatic rings. The number of rotatable bonds is 4. The fourth-order valence-electron chi connectivity index (χ4n) is 2.66. The number of carbonyl (C=O) groups is 1. The third-order valence-corrected chi connectivity index (χ3v) is 3.98. The maximum absolute atomic E-state index is 12.4. The first-order valence-electron chi connectivity index (χ1n) is 7.98. The highest BCUT2D eigenvalue weighted by atomic mass is 16.3. The molecule has 0 fully saturated rings. The summed E-state index contributed by atoms with van der Waals surface area (Å²) in [6.45, 7) is 3.74. The molecular weight excluding hydrogens is 318 g/mol. The summed E-state index contributed by atoms with van der Waals surface area (Å²) in [5.41, 5.74) is 2.77. The molecule has 3 N–H and O–H groups in total. The fraction of sp³-hybridized carbons (Fsp3) is 0.167.